The Balaban J connectivity index is 2.50. The maximum absolute atomic E-state index is 8.81. The summed E-state index contributed by atoms with van der Waals surface area (Å²) in [6.07, 6.45) is 1.70. The molecule has 1 aromatic carbocycles. The zero-order valence-corrected chi connectivity index (χ0v) is 8.88. The lowest BCUT2D eigenvalue weighted by Crippen LogP contribution is -1.92. The van der Waals surface area contributed by atoms with E-state index in [2.05, 4.69) is 12.6 Å². The summed E-state index contributed by atoms with van der Waals surface area (Å²) in [5.41, 5.74) is 0. The minimum absolute atomic E-state index is 0.483. The van der Waals surface area contributed by atoms with E-state index < -0.39 is 0 Å². The molecule has 3 heteroatoms. The number of nitriles is 1. The van der Waals surface area contributed by atoms with Gasteiger partial charge in [0.2, 0.25) is 0 Å². The van der Waals surface area contributed by atoms with Gasteiger partial charge in [0, 0.05) is 10.1 Å². The molecule has 15 heavy (non-hydrogen) atoms. The highest BCUT2D eigenvalue weighted by Gasteiger charge is 2.05. The zero-order valence-electron chi connectivity index (χ0n) is 8.06. The smallest absolute Gasteiger partial charge is 0.128 e. The molecule has 0 aliphatic carbocycles. The molecule has 0 spiro atoms. The Morgan fingerprint density at radius 1 is 1.53 bits per heavy atom. The minimum atomic E-state index is 0.483. The molecule has 0 saturated heterocycles. The van der Waals surface area contributed by atoms with Crippen molar-refractivity contribution in [3.63, 3.8) is 0 Å². The number of thiophene rings is 1. The Morgan fingerprint density at radius 3 is 3.13 bits per heavy atom. The van der Waals surface area contributed by atoms with E-state index in [9.17, 15) is 0 Å². The van der Waals surface area contributed by atoms with E-state index in [0.717, 1.165) is 15.8 Å². The Morgan fingerprint density at radius 2 is 2.40 bits per heavy atom. The first kappa shape index (κ1) is 9.75. The SMILES string of the molecule is C=CCOc1cccc2sc(C#N)cc12. The van der Waals surface area contributed by atoms with Gasteiger partial charge in [0.05, 0.1) is 0 Å². The van der Waals surface area contributed by atoms with Crippen LogP contribution in [0.15, 0.2) is 36.9 Å². The van der Waals surface area contributed by atoms with Gasteiger partial charge in [-0.1, -0.05) is 18.7 Å². The van der Waals surface area contributed by atoms with Crippen molar-refractivity contribution in [3.05, 3.63) is 41.8 Å². The third kappa shape index (κ3) is 1.85. The minimum Gasteiger partial charge on any atom is -0.489 e. The number of benzene rings is 1. The summed E-state index contributed by atoms with van der Waals surface area (Å²) in [7, 11) is 0. The van der Waals surface area contributed by atoms with Crippen LogP contribution in [0.3, 0.4) is 0 Å². The van der Waals surface area contributed by atoms with E-state index in [1.54, 1.807) is 6.08 Å². The van der Waals surface area contributed by atoms with Crippen LogP contribution in [0.5, 0.6) is 5.75 Å². The van der Waals surface area contributed by atoms with Gasteiger partial charge in [0.1, 0.15) is 23.3 Å². The van der Waals surface area contributed by atoms with Crippen LogP contribution < -0.4 is 4.74 Å². The molecule has 0 saturated carbocycles. The summed E-state index contributed by atoms with van der Waals surface area (Å²) in [5, 5.41) is 9.81. The second-order valence-corrected chi connectivity index (χ2v) is 4.07. The molecule has 0 bridgehead atoms. The Hall–Kier alpha value is -1.79. The summed E-state index contributed by atoms with van der Waals surface area (Å²) < 4.78 is 6.58. The molecule has 2 nitrogen and oxygen atoms in total. The average Bonchev–Trinajstić information content (AvgIpc) is 2.69. The van der Waals surface area contributed by atoms with Gasteiger partial charge in [0.25, 0.3) is 0 Å². The number of nitrogens with zero attached hydrogens (tertiary/aromatic N) is 1. The molecule has 2 rings (SSSR count). The molecule has 2 aromatic rings. The third-order valence-electron chi connectivity index (χ3n) is 1.99. The summed E-state index contributed by atoms with van der Waals surface area (Å²) in [6.45, 7) is 4.09. The highest BCUT2D eigenvalue weighted by Crippen LogP contribution is 2.32. The summed E-state index contributed by atoms with van der Waals surface area (Å²) in [4.78, 5) is 0.708. The van der Waals surface area contributed by atoms with E-state index in [1.165, 1.54) is 11.3 Å². The number of hydrogen-bond acceptors (Lipinski definition) is 3. The average molecular weight is 215 g/mol. The number of hydrogen-bond donors (Lipinski definition) is 0. The van der Waals surface area contributed by atoms with E-state index in [4.69, 9.17) is 10.00 Å². The van der Waals surface area contributed by atoms with Crippen molar-refractivity contribution in [1.82, 2.24) is 0 Å². The van der Waals surface area contributed by atoms with Crippen molar-refractivity contribution in [2.24, 2.45) is 0 Å². The van der Waals surface area contributed by atoms with Gasteiger partial charge in [0.15, 0.2) is 0 Å². The van der Waals surface area contributed by atoms with Crippen molar-refractivity contribution in [1.29, 1.82) is 5.26 Å². The molecule has 0 aliphatic rings. The molecule has 0 radical (unpaired) electrons. The Kier molecular flexibility index (Phi) is 2.70. The number of rotatable bonds is 3. The monoisotopic (exact) mass is 215 g/mol. The fourth-order valence-electron chi connectivity index (χ4n) is 1.36. The lowest BCUT2D eigenvalue weighted by molar-refractivity contribution is 0.367. The van der Waals surface area contributed by atoms with Gasteiger partial charge >= 0.3 is 0 Å². The molecular formula is C12H9NOS. The van der Waals surface area contributed by atoms with E-state index in [0.29, 0.717) is 11.5 Å². The normalized spacial score (nSPS) is 9.80. The largest absolute Gasteiger partial charge is 0.489 e. The fourth-order valence-corrected chi connectivity index (χ4v) is 2.24. The molecule has 1 aromatic heterocycles. The van der Waals surface area contributed by atoms with Gasteiger partial charge < -0.3 is 4.74 Å². The summed E-state index contributed by atoms with van der Waals surface area (Å²) in [6, 6.07) is 9.82. The first-order valence-corrected chi connectivity index (χ1v) is 5.33. The lowest BCUT2D eigenvalue weighted by atomic mass is 10.2. The first-order chi connectivity index (χ1) is 7.35. The van der Waals surface area contributed by atoms with Crippen LogP contribution in [0.2, 0.25) is 0 Å². The van der Waals surface area contributed by atoms with E-state index >= 15 is 0 Å². The van der Waals surface area contributed by atoms with Crippen molar-refractivity contribution in [2.75, 3.05) is 6.61 Å². The van der Waals surface area contributed by atoms with Crippen LogP contribution in [-0.2, 0) is 0 Å². The molecular weight excluding hydrogens is 206 g/mol. The molecule has 0 N–H and O–H groups in total. The standard InChI is InChI=1S/C12H9NOS/c1-2-6-14-11-4-3-5-12-10(11)7-9(8-13)15-12/h2-5,7H,1,6H2. The first-order valence-electron chi connectivity index (χ1n) is 4.51. The van der Waals surface area contributed by atoms with Crippen molar-refractivity contribution >= 4 is 21.4 Å². The highest BCUT2D eigenvalue weighted by molar-refractivity contribution is 7.19. The van der Waals surface area contributed by atoms with Crippen LogP contribution in [-0.4, -0.2) is 6.61 Å². The predicted molar refractivity (Wildman–Crippen MR) is 62.2 cm³/mol. The van der Waals surface area contributed by atoms with Crippen LogP contribution in [0.1, 0.15) is 4.88 Å². The van der Waals surface area contributed by atoms with Crippen LogP contribution in [0, 0.1) is 11.3 Å². The summed E-state index contributed by atoms with van der Waals surface area (Å²) in [5.74, 6) is 0.810. The molecule has 74 valence electrons. The second kappa shape index (κ2) is 4.16. The predicted octanol–water partition coefficient (Wildman–Crippen LogP) is 3.34. The second-order valence-electron chi connectivity index (χ2n) is 2.99. The zero-order chi connectivity index (χ0) is 10.7. The third-order valence-corrected chi connectivity index (χ3v) is 2.99. The topological polar surface area (TPSA) is 33.0 Å². The highest BCUT2D eigenvalue weighted by atomic mass is 32.1. The Bertz CT molecular complexity index is 536. The van der Waals surface area contributed by atoms with Gasteiger partial charge in [-0.15, -0.1) is 11.3 Å². The maximum atomic E-state index is 8.81. The quantitative estimate of drug-likeness (QED) is 0.736. The molecule has 1 heterocycles. The lowest BCUT2D eigenvalue weighted by Gasteiger charge is -2.03. The van der Waals surface area contributed by atoms with Gasteiger partial charge in [-0.2, -0.15) is 5.26 Å². The van der Waals surface area contributed by atoms with Gasteiger partial charge in [-0.3, -0.25) is 0 Å². The van der Waals surface area contributed by atoms with Crippen molar-refractivity contribution < 1.29 is 4.74 Å². The van der Waals surface area contributed by atoms with Crippen LogP contribution in [0.4, 0.5) is 0 Å². The number of fused-ring (bicyclic) bond motifs is 1. The molecule has 0 unspecified atom stereocenters. The molecule has 0 fully saturated rings. The molecule has 0 amide bonds. The van der Waals surface area contributed by atoms with E-state index in [-0.39, 0.29) is 0 Å². The van der Waals surface area contributed by atoms with Crippen molar-refractivity contribution in [2.45, 2.75) is 0 Å². The van der Waals surface area contributed by atoms with Crippen molar-refractivity contribution in [3.8, 4) is 11.8 Å². The fraction of sp³-hybridized carbons (Fsp3) is 0.0833. The van der Waals surface area contributed by atoms with Gasteiger partial charge in [-0.05, 0) is 18.2 Å². The van der Waals surface area contributed by atoms with Gasteiger partial charge in [-0.25, -0.2) is 0 Å². The Labute approximate surface area is 92.0 Å². The van der Waals surface area contributed by atoms with E-state index in [1.807, 2.05) is 24.3 Å². The molecule has 0 atom stereocenters. The van der Waals surface area contributed by atoms with Crippen LogP contribution in [0.25, 0.3) is 10.1 Å². The number of ether oxygens (including phenoxy) is 1. The van der Waals surface area contributed by atoms with Crippen LogP contribution >= 0.6 is 11.3 Å². The summed E-state index contributed by atoms with van der Waals surface area (Å²) >= 11 is 1.48. The molecule has 0 aliphatic heterocycles. The maximum Gasteiger partial charge on any atom is 0.128 e.